The van der Waals surface area contributed by atoms with Crippen LogP contribution in [0.25, 0.3) is 0 Å². The number of nitrogens with zero attached hydrogens (tertiary/aromatic N) is 1. The van der Waals surface area contributed by atoms with Crippen LogP contribution in [0.4, 0.5) is 0 Å². The van der Waals surface area contributed by atoms with Crippen molar-refractivity contribution in [3.8, 4) is 0 Å². The molecule has 3 heteroatoms. The van der Waals surface area contributed by atoms with Gasteiger partial charge in [0, 0.05) is 19.6 Å². The highest BCUT2D eigenvalue weighted by Crippen LogP contribution is 1.98. The van der Waals surface area contributed by atoms with Crippen molar-refractivity contribution < 1.29 is 4.79 Å². The number of likely N-dealkylation sites (N-methyl/N-ethyl adjacent to an activating group) is 1. The zero-order valence-corrected chi connectivity index (χ0v) is 5.85. The zero-order valence-electron chi connectivity index (χ0n) is 5.85. The number of hydrogen-bond acceptors (Lipinski definition) is 2. The number of nitrogens with one attached hydrogen (secondary N) is 1. The van der Waals surface area contributed by atoms with Crippen molar-refractivity contribution in [3.63, 3.8) is 0 Å². The highest BCUT2D eigenvalue weighted by atomic mass is 16.2. The van der Waals surface area contributed by atoms with Crippen molar-refractivity contribution in [2.24, 2.45) is 0 Å². The Morgan fingerprint density at radius 1 is 1.78 bits per heavy atom. The number of rotatable bonds is 0. The number of amides is 1. The minimum atomic E-state index is 0.189. The van der Waals surface area contributed by atoms with Crippen LogP contribution in [-0.4, -0.2) is 37.0 Å². The quantitative estimate of drug-likeness (QED) is 0.474. The topological polar surface area (TPSA) is 32.3 Å². The molecular formula is C6H12N2O. The third-order valence-electron chi connectivity index (χ3n) is 1.77. The van der Waals surface area contributed by atoms with Gasteiger partial charge in [0.05, 0.1) is 6.54 Å². The molecule has 0 bridgehead atoms. The summed E-state index contributed by atoms with van der Waals surface area (Å²) in [6, 6.07) is 0.353. The van der Waals surface area contributed by atoms with E-state index in [1.165, 1.54) is 0 Å². The van der Waals surface area contributed by atoms with Crippen LogP contribution in [0.5, 0.6) is 0 Å². The van der Waals surface area contributed by atoms with E-state index in [9.17, 15) is 4.79 Å². The first kappa shape index (κ1) is 6.55. The summed E-state index contributed by atoms with van der Waals surface area (Å²) in [5.74, 6) is 0.189. The molecule has 9 heavy (non-hydrogen) atoms. The van der Waals surface area contributed by atoms with Crippen LogP contribution < -0.4 is 5.32 Å². The van der Waals surface area contributed by atoms with Crippen LogP contribution in [-0.2, 0) is 4.79 Å². The summed E-state index contributed by atoms with van der Waals surface area (Å²) in [6.45, 7) is 3.45. The van der Waals surface area contributed by atoms with Crippen LogP contribution in [0, 0.1) is 0 Å². The molecule has 1 amide bonds. The SMILES string of the molecule is CC1CNCC(=O)N1C. The van der Waals surface area contributed by atoms with E-state index in [1.807, 2.05) is 14.0 Å². The van der Waals surface area contributed by atoms with Gasteiger partial charge in [0.2, 0.25) is 5.91 Å². The molecule has 0 saturated carbocycles. The summed E-state index contributed by atoms with van der Waals surface area (Å²) in [6.07, 6.45) is 0. The Morgan fingerprint density at radius 3 is 2.89 bits per heavy atom. The van der Waals surface area contributed by atoms with E-state index in [1.54, 1.807) is 4.90 Å². The normalized spacial score (nSPS) is 28.9. The number of carbonyl (C=O) groups is 1. The lowest BCUT2D eigenvalue weighted by atomic mass is 10.2. The molecule has 1 heterocycles. The zero-order chi connectivity index (χ0) is 6.85. The first-order valence-electron chi connectivity index (χ1n) is 3.18. The van der Waals surface area contributed by atoms with Crippen LogP contribution in [0.15, 0.2) is 0 Å². The maximum atomic E-state index is 10.9. The molecule has 1 saturated heterocycles. The molecule has 3 nitrogen and oxygen atoms in total. The average Bonchev–Trinajstić information content (AvgIpc) is 1.83. The minimum absolute atomic E-state index is 0.189. The molecule has 0 aliphatic carbocycles. The third kappa shape index (κ3) is 1.21. The molecule has 1 unspecified atom stereocenters. The highest BCUT2D eigenvalue weighted by molar-refractivity contribution is 5.79. The van der Waals surface area contributed by atoms with Crippen molar-refractivity contribution in [1.29, 1.82) is 0 Å². The molecule has 1 N–H and O–H groups in total. The van der Waals surface area contributed by atoms with Crippen LogP contribution in [0.3, 0.4) is 0 Å². The Balaban J connectivity index is 2.51. The van der Waals surface area contributed by atoms with Gasteiger partial charge in [0.25, 0.3) is 0 Å². The second-order valence-electron chi connectivity index (χ2n) is 2.48. The van der Waals surface area contributed by atoms with Gasteiger partial charge in [-0.05, 0) is 6.92 Å². The van der Waals surface area contributed by atoms with Crippen molar-refractivity contribution >= 4 is 5.91 Å². The summed E-state index contributed by atoms with van der Waals surface area (Å²) in [5.41, 5.74) is 0. The van der Waals surface area contributed by atoms with Gasteiger partial charge in [-0.25, -0.2) is 0 Å². The molecule has 1 atom stereocenters. The van der Waals surface area contributed by atoms with E-state index in [-0.39, 0.29) is 5.91 Å². The minimum Gasteiger partial charge on any atom is -0.341 e. The fourth-order valence-electron chi connectivity index (χ4n) is 0.895. The van der Waals surface area contributed by atoms with E-state index < -0.39 is 0 Å². The Hall–Kier alpha value is -0.570. The third-order valence-corrected chi connectivity index (χ3v) is 1.77. The van der Waals surface area contributed by atoms with Gasteiger partial charge in [-0.1, -0.05) is 0 Å². The molecule has 0 aromatic rings. The van der Waals surface area contributed by atoms with Crippen molar-refractivity contribution in [3.05, 3.63) is 0 Å². The average molecular weight is 128 g/mol. The van der Waals surface area contributed by atoms with Gasteiger partial charge in [-0.2, -0.15) is 0 Å². The van der Waals surface area contributed by atoms with Crippen molar-refractivity contribution in [1.82, 2.24) is 10.2 Å². The standard InChI is InChI=1S/C6H12N2O/c1-5-3-7-4-6(9)8(5)2/h5,7H,3-4H2,1-2H3. The first-order chi connectivity index (χ1) is 4.22. The van der Waals surface area contributed by atoms with E-state index >= 15 is 0 Å². The maximum absolute atomic E-state index is 10.9. The molecule has 0 radical (unpaired) electrons. The molecule has 1 aliphatic rings. The fraction of sp³-hybridized carbons (Fsp3) is 0.833. The fourth-order valence-corrected chi connectivity index (χ4v) is 0.895. The molecular weight excluding hydrogens is 116 g/mol. The molecule has 1 fully saturated rings. The molecule has 0 aromatic heterocycles. The van der Waals surface area contributed by atoms with E-state index in [0.717, 1.165) is 6.54 Å². The predicted octanol–water partition coefficient (Wildman–Crippen LogP) is -0.563. The smallest absolute Gasteiger partial charge is 0.236 e. The van der Waals surface area contributed by atoms with Gasteiger partial charge in [0.15, 0.2) is 0 Å². The highest BCUT2D eigenvalue weighted by Gasteiger charge is 2.19. The molecule has 0 aromatic carbocycles. The number of carbonyl (C=O) groups excluding carboxylic acids is 1. The lowest BCUT2D eigenvalue weighted by Gasteiger charge is -2.29. The van der Waals surface area contributed by atoms with Gasteiger partial charge in [0.1, 0.15) is 0 Å². The Bertz CT molecular complexity index is 124. The lowest BCUT2D eigenvalue weighted by molar-refractivity contribution is -0.132. The van der Waals surface area contributed by atoms with Gasteiger partial charge in [-0.3, -0.25) is 4.79 Å². The summed E-state index contributed by atoms with van der Waals surface area (Å²) in [7, 11) is 1.84. The Kier molecular flexibility index (Phi) is 1.71. The monoisotopic (exact) mass is 128 g/mol. The Morgan fingerprint density at radius 2 is 2.44 bits per heavy atom. The summed E-state index contributed by atoms with van der Waals surface area (Å²) in [4.78, 5) is 12.6. The largest absolute Gasteiger partial charge is 0.341 e. The van der Waals surface area contributed by atoms with E-state index in [2.05, 4.69) is 5.32 Å². The molecule has 1 rings (SSSR count). The van der Waals surface area contributed by atoms with Gasteiger partial charge < -0.3 is 10.2 Å². The second kappa shape index (κ2) is 2.35. The molecule has 52 valence electrons. The van der Waals surface area contributed by atoms with Crippen molar-refractivity contribution in [2.45, 2.75) is 13.0 Å². The van der Waals surface area contributed by atoms with E-state index in [4.69, 9.17) is 0 Å². The predicted molar refractivity (Wildman–Crippen MR) is 35.1 cm³/mol. The maximum Gasteiger partial charge on any atom is 0.236 e. The van der Waals surface area contributed by atoms with Crippen molar-refractivity contribution in [2.75, 3.05) is 20.1 Å². The van der Waals surface area contributed by atoms with Crippen LogP contribution in [0.2, 0.25) is 0 Å². The summed E-state index contributed by atoms with van der Waals surface area (Å²) < 4.78 is 0. The van der Waals surface area contributed by atoms with Gasteiger partial charge >= 0.3 is 0 Å². The Labute approximate surface area is 55.0 Å². The summed E-state index contributed by atoms with van der Waals surface area (Å²) >= 11 is 0. The van der Waals surface area contributed by atoms with E-state index in [0.29, 0.717) is 12.6 Å². The lowest BCUT2D eigenvalue weighted by Crippen LogP contribution is -2.51. The van der Waals surface area contributed by atoms with Crippen LogP contribution >= 0.6 is 0 Å². The number of hydrogen-bond donors (Lipinski definition) is 1. The number of piperazine rings is 1. The molecule has 1 aliphatic heterocycles. The molecule has 0 spiro atoms. The van der Waals surface area contributed by atoms with Crippen LogP contribution in [0.1, 0.15) is 6.92 Å². The summed E-state index contributed by atoms with van der Waals surface area (Å²) in [5, 5.41) is 3.02. The second-order valence-corrected chi connectivity index (χ2v) is 2.48. The first-order valence-corrected chi connectivity index (χ1v) is 3.18. The van der Waals surface area contributed by atoms with Gasteiger partial charge in [-0.15, -0.1) is 0 Å².